The standard InChI is InChI=1S/C28H28ClFN6O/c1-34(2)16-13-35(14-16)28-32-26-20(27(33-28)36-8-7-31-22-12-23(22)36)11-21(29)24(25(26)30)19-10-17(37)9-15-5-3-4-6-18(15)19/h3-6,9-11,16,22-23,31,37H,7-8,12-14H2,1-2H3. The van der Waals surface area contributed by atoms with Crippen molar-refractivity contribution in [3.05, 3.63) is 53.3 Å². The molecule has 3 fully saturated rings. The van der Waals surface area contributed by atoms with Crippen molar-refractivity contribution >= 4 is 45.0 Å². The Labute approximate surface area is 219 Å². The van der Waals surface area contributed by atoms with Gasteiger partial charge in [0.05, 0.1) is 5.02 Å². The van der Waals surface area contributed by atoms with E-state index in [1.807, 2.05) is 24.3 Å². The van der Waals surface area contributed by atoms with Crippen molar-refractivity contribution in [2.75, 3.05) is 50.1 Å². The molecule has 0 amide bonds. The van der Waals surface area contributed by atoms with Crippen LogP contribution in [0.25, 0.3) is 32.8 Å². The topological polar surface area (TPSA) is 67.8 Å². The number of phenolic OH excluding ortho intramolecular Hbond substituents is 1. The van der Waals surface area contributed by atoms with Crippen LogP contribution in [0.4, 0.5) is 16.2 Å². The van der Waals surface area contributed by atoms with Crippen LogP contribution in [0, 0.1) is 5.82 Å². The molecule has 0 bridgehead atoms. The van der Waals surface area contributed by atoms with Crippen molar-refractivity contribution in [3.63, 3.8) is 0 Å². The molecule has 37 heavy (non-hydrogen) atoms. The highest BCUT2D eigenvalue weighted by molar-refractivity contribution is 6.35. The number of hydrogen-bond acceptors (Lipinski definition) is 7. The van der Waals surface area contributed by atoms with Gasteiger partial charge in [0, 0.05) is 55.3 Å². The van der Waals surface area contributed by atoms with Crippen LogP contribution in [0.5, 0.6) is 5.75 Å². The largest absolute Gasteiger partial charge is 0.508 e. The van der Waals surface area contributed by atoms with Gasteiger partial charge in [-0.15, -0.1) is 0 Å². The molecular weight excluding hydrogens is 491 g/mol. The average molecular weight is 519 g/mol. The van der Waals surface area contributed by atoms with Gasteiger partial charge in [0.15, 0.2) is 5.82 Å². The van der Waals surface area contributed by atoms with E-state index in [4.69, 9.17) is 21.6 Å². The Morgan fingerprint density at radius 3 is 2.73 bits per heavy atom. The van der Waals surface area contributed by atoms with Gasteiger partial charge in [-0.3, -0.25) is 0 Å². The van der Waals surface area contributed by atoms with E-state index < -0.39 is 5.82 Å². The summed E-state index contributed by atoms with van der Waals surface area (Å²) >= 11 is 6.82. The molecule has 4 aromatic rings. The van der Waals surface area contributed by atoms with E-state index in [1.165, 1.54) is 0 Å². The highest BCUT2D eigenvalue weighted by Gasteiger charge is 2.45. The second kappa shape index (κ2) is 8.41. The molecule has 3 heterocycles. The van der Waals surface area contributed by atoms with Crippen LogP contribution in [0.1, 0.15) is 6.42 Å². The van der Waals surface area contributed by atoms with E-state index in [9.17, 15) is 5.11 Å². The molecule has 7 nitrogen and oxygen atoms in total. The number of piperazine rings is 1. The lowest BCUT2D eigenvalue weighted by Crippen LogP contribution is -2.58. The second-order valence-electron chi connectivity index (χ2n) is 10.6. The second-order valence-corrected chi connectivity index (χ2v) is 11.0. The van der Waals surface area contributed by atoms with Gasteiger partial charge < -0.3 is 25.1 Å². The van der Waals surface area contributed by atoms with Gasteiger partial charge in [-0.2, -0.15) is 4.98 Å². The average Bonchev–Trinajstić information content (AvgIpc) is 3.63. The number of fused-ring (bicyclic) bond motifs is 3. The lowest BCUT2D eigenvalue weighted by atomic mass is 9.96. The van der Waals surface area contributed by atoms with Crippen LogP contribution in [0.15, 0.2) is 42.5 Å². The summed E-state index contributed by atoms with van der Waals surface area (Å²) in [5.41, 5.74) is 1.05. The number of hydrogen-bond donors (Lipinski definition) is 2. The smallest absolute Gasteiger partial charge is 0.228 e. The van der Waals surface area contributed by atoms with Crippen LogP contribution < -0.4 is 15.1 Å². The van der Waals surface area contributed by atoms with Crippen LogP contribution in [0.2, 0.25) is 5.02 Å². The third-order valence-electron chi connectivity index (χ3n) is 8.03. The van der Waals surface area contributed by atoms with Crippen LogP contribution >= 0.6 is 11.6 Å². The molecule has 2 saturated heterocycles. The highest BCUT2D eigenvalue weighted by atomic mass is 35.5. The number of anilines is 2. The number of halogens is 2. The van der Waals surface area contributed by atoms with Gasteiger partial charge in [-0.1, -0.05) is 35.9 Å². The van der Waals surface area contributed by atoms with Gasteiger partial charge in [0.1, 0.15) is 17.1 Å². The van der Waals surface area contributed by atoms with Crippen molar-refractivity contribution in [2.24, 2.45) is 0 Å². The number of benzene rings is 3. The molecule has 2 atom stereocenters. The zero-order valence-corrected chi connectivity index (χ0v) is 21.5. The van der Waals surface area contributed by atoms with Gasteiger partial charge in [-0.05, 0) is 55.1 Å². The number of likely N-dealkylation sites (N-methyl/N-ethyl adjacent to an activating group) is 1. The van der Waals surface area contributed by atoms with Crippen molar-refractivity contribution in [1.82, 2.24) is 20.2 Å². The first-order valence-electron chi connectivity index (χ1n) is 12.7. The minimum Gasteiger partial charge on any atom is -0.508 e. The summed E-state index contributed by atoms with van der Waals surface area (Å²) in [6, 6.07) is 13.9. The van der Waals surface area contributed by atoms with Crippen LogP contribution in [0.3, 0.4) is 0 Å². The maximum absolute atomic E-state index is 16.6. The first-order chi connectivity index (χ1) is 17.9. The Balaban J connectivity index is 1.44. The predicted octanol–water partition coefficient (Wildman–Crippen LogP) is 4.25. The first-order valence-corrected chi connectivity index (χ1v) is 13.1. The monoisotopic (exact) mass is 518 g/mol. The van der Waals surface area contributed by atoms with E-state index in [1.54, 1.807) is 18.2 Å². The highest BCUT2D eigenvalue weighted by Crippen LogP contribution is 2.44. The summed E-state index contributed by atoms with van der Waals surface area (Å²) in [6.45, 7) is 3.25. The summed E-state index contributed by atoms with van der Waals surface area (Å²) in [5, 5.41) is 16.5. The lowest BCUT2D eigenvalue weighted by Gasteiger charge is -2.43. The minimum atomic E-state index is -0.490. The van der Waals surface area contributed by atoms with E-state index >= 15 is 4.39 Å². The number of aromatic hydroxyl groups is 1. The normalized spacial score (nSPS) is 21.5. The predicted molar refractivity (Wildman–Crippen MR) is 146 cm³/mol. The summed E-state index contributed by atoms with van der Waals surface area (Å²) in [7, 11) is 4.13. The summed E-state index contributed by atoms with van der Waals surface area (Å²) in [5.74, 6) is 0.860. The van der Waals surface area contributed by atoms with Crippen molar-refractivity contribution in [3.8, 4) is 16.9 Å². The summed E-state index contributed by atoms with van der Waals surface area (Å²) in [4.78, 5) is 16.4. The Hall–Kier alpha value is -3.20. The quantitative estimate of drug-likeness (QED) is 0.418. The fraction of sp³-hybridized carbons (Fsp3) is 0.357. The molecule has 3 aromatic carbocycles. The van der Waals surface area contributed by atoms with Crippen molar-refractivity contribution in [1.29, 1.82) is 0 Å². The van der Waals surface area contributed by atoms with Gasteiger partial charge in [-0.25, -0.2) is 9.37 Å². The number of aromatic nitrogens is 2. The fourth-order valence-electron chi connectivity index (χ4n) is 5.77. The molecule has 1 aliphatic carbocycles. The Bertz CT molecular complexity index is 1560. The molecule has 0 spiro atoms. The Morgan fingerprint density at radius 1 is 1.11 bits per heavy atom. The van der Waals surface area contributed by atoms with Crippen LogP contribution in [-0.2, 0) is 0 Å². The van der Waals surface area contributed by atoms with E-state index in [2.05, 4.69) is 34.1 Å². The number of phenols is 1. The zero-order valence-electron chi connectivity index (χ0n) is 20.7. The van der Waals surface area contributed by atoms with E-state index in [0.717, 1.165) is 49.2 Å². The summed E-state index contributed by atoms with van der Waals surface area (Å²) in [6.07, 6.45) is 1.05. The molecule has 190 valence electrons. The van der Waals surface area contributed by atoms with Gasteiger partial charge in [0.2, 0.25) is 5.95 Å². The molecule has 9 heteroatoms. The van der Waals surface area contributed by atoms with E-state index in [0.29, 0.717) is 35.0 Å². The van der Waals surface area contributed by atoms with Crippen molar-refractivity contribution < 1.29 is 9.50 Å². The summed E-state index contributed by atoms with van der Waals surface area (Å²) < 4.78 is 16.6. The van der Waals surface area contributed by atoms with Gasteiger partial charge >= 0.3 is 0 Å². The number of nitrogens with one attached hydrogen (secondary N) is 1. The molecule has 2 N–H and O–H groups in total. The number of rotatable bonds is 4. The molecule has 3 aliphatic rings. The fourth-order valence-corrected chi connectivity index (χ4v) is 6.06. The maximum atomic E-state index is 16.6. The SMILES string of the molecule is CN(C)C1CN(c2nc(N3CCNC4CC43)c3cc(Cl)c(-c4cc(O)cc5ccccc45)c(F)c3n2)C1. The Kier molecular flexibility index (Phi) is 5.22. The number of nitrogens with zero attached hydrogens (tertiary/aromatic N) is 5. The minimum absolute atomic E-state index is 0.0595. The molecule has 1 saturated carbocycles. The van der Waals surface area contributed by atoms with E-state index in [-0.39, 0.29) is 21.9 Å². The molecular formula is C28H28ClFN6O. The lowest BCUT2D eigenvalue weighted by molar-refractivity contribution is 0.245. The zero-order chi connectivity index (χ0) is 25.4. The molecule has 2 unspecified atom stereocenters. The Morgan fingerprint density at radius 2 is 1.92 bits per heavy atom. The van der Waals surface area contributed by atoms with Crippen LogP contribution in [-0.4, -0.2) is 78.4 Å². The maximum Gasteiger partial charge on any atom is 0.228 e. The molecule has 0 radical (unpaired) electrons. The third-order valence-corrected chi connectivity index (χ3v) is 8.33. The van der Waals surface area contributed by atoms with Gasteiger partial charge in [0.25, 0.3) is 0 Å². The molecule has 7 rings (SSSR count). The molecule has 2 aliphatic heterocycles. The first kappa shape index (κ1) is 23.0. The van der Waals surface area contributed by atoms with Crippen molar-refractivity contribution in [2.45, 2.75) is 24.5 Å². The molecule has 1 aromatic heterocycles. The third kappa shape index (κ3) is 3.69.